The van der Waals surface area contributed by atoms with Crippen LogP contribution in [0.15, 0.2) is 40.0 Å². The maximum atomic E-state index is 6.08. The Bertz CT molecular complexity index is 536. The van der Waals surface area contributed by atoms with Crippen LogP contribution < -0.4 is 5.73 Å². The minimum absolute atomic E-state index is 0.273. The molecule has 2 N–H and O–H groups in total. The second kappa shape index (κ2) is 5.71. The third-order valence-corrected chi connectivity index (χ3v) is 4.30. The molecule has 0 atom stereocenters. The van der Waals surface area contributed by atoms with Crippen LogP contribution in [0.2, 0.25) is 5.02 Å². The van der Waals surface area contributed by atoms with E-state index in [1.54, 1.807) is 18.0 Å². The van der Waals surface area contributed by atoms with Crippen molar-refractivity contribution in [3.05, 3.63) is 45.5 Å². The summed E-state index contributed by atoms with van der Waals surface area (Å²) in [7, 11) is 0. The first-order valence-corrected chi connectivity index (χ1v) is 6.96. The van der Waals surface area contributed by atoms with E-state index < -0.39 is 0 Å². The van der Waals surface area contributed by atoms with E-state index in [9.17, 15) is 0 Å². The quantitative estimate of drug-likeness (QED) is 0.687. The summed E-state index contributed by atoms with van der Waals surface area (Å²) in [5.41, 5.74) is 6.62. The standard InChI is InChI=1S/C11H9BrClN3S/c12-8-5-15-11(14)16-10(8)17-6-7-3-1-2-4-9(7)13/h1-5H,6H2,(H2,14,15,16). The van der Waals surface area contributed by atoms with Crippen LogP contribution in [0.4, 0.5) is 5.95 Å². The van der Waals surface area contributed by atoms with Crippen molar-refractivity contribution in [2.45, 2.75) is 10.8 Å². The smallest absolute Gasteiger partial charge is 0.221 e. The van der Waals surface area contributed by atoms with Crippen molar-refractivity contribution >= 4 is 45.2 Å². The van der Waals surface area contributed by atoms with Gasteiger partial charge in [-0.15, -0.1) is 11.8 Å². The van der Waals surface area contributed by atoms with Gasteiger partial charge in [0.05, 0.1) is 4.47 Å². The van der Waals surface area contributed by atoms with Crippen LogP contribution in [0.1, 0.15) is 5.56 Å². The minimum atomic E-state index is 0.273. The van der Waals surface area contributed by atoms with E-state index in [1.807, 2.05) is 24.3 Å². The van der Waals surface area contributed by atoms with Gasteiger partial charge in [-0.1, -0.05) is 29.8 Å². The molecule has 0 fully saturated rings. The van der Waals surface area contributed by atoms with E-state index in [-0.39, 0.29) is 5.95 Å². The third-order valence-electron chi connectivity index (χ3n) is 2.05. The number of benzene rings is 1. The zero-order valence-electron chi connectivity index (χ0n) is 8.73. The van der Waals surface area contributed by atoms with Gasteiger partial charge in [0.2, 0.25) is 5.95 Å². The van der Waals surface area contributed by atoms with E-state index in [4.69, 9.17) is 17.3 Å². The van der Waals surface area contributed by atoms with E-state index >= 15 is 0 Å². The zero-order valence-corrected chi connectivity index (χ0v) is 11.9. The molecule has 0 spiro atoms. The van der Waals surface area contributed by atoms with Gasteiger partial charge in [0.1, 0.15) is 5.03 Å². The van der Waals surface area contributed by atoms with Gasteiger partial charge in [-0.05, 0) is 27.6 Å². The monoisotopic (exact) mass is 329 g/mol. The largest absolute Gasteiger partial charge is 0.368 e. The molecular formula is C11H9BrClN3S. The van der Waals surface area contributed by atoms with Crippen LogP contribution in [-0.2, 0) is 5.75 Å². The number of aromatic nitrogens is 2. The Kier molecular flexibility index (Phi) is 4.25. The van der Waals surface area contributed by atoms with Gasteiger partial charge in [0.25, 0.3) is 0 Å². The second-order valence-electron chi connectivity index (χ2n) is 3.26. The lowest BCUT2D eigenvalue weighted by molar-refractivity contribution is 1.04. The van der Waals surface area contributed by atoms with Gasteiger partial charge in [0, 0.05) is 17.0 Å². The molecule has 0 saturated heterocycles. The molecule has 0 aliphatic carbocycles. The Labute approximate surface area is 117 Å². The molecule has 0 aliphatic heterocycles. The fourth-order valence-corrected chi connectivity index (χ4v) is 2.94. The van der Waals surface area contributed by atoms with Crippen LogP contribution in [-0.4, -0.2) is 9.97 Å². The first-order valence-electron chi connectivity index (χ1n) is 4.81. The van der Waals surface area contributed by atoms with Crippen molar-refractivity contribution in [1.82, 2.24) is 9.97 Å². The van der Waals surface area contributed by atoms with Gasteiger partial charge >= 0.3 is 0 Å². The molecule has 0 amide bonds. The van der Waals surface area contributed by atoms with Gasteiger partial charge in [-0.2, -0.15) is 0 Å². The van der Waals surface area contributed by atoms with Gasteiger partial charge in [0.15, 0.2) is 0 Å². The minimum Gasteiger partial charge on any atom is -0.368 e. The number of nitrogens with two attached hydrogens (primary N) is 1. The molecule has 0 aliphatic rings. The fourth-order valence-electron chi connectivity index (χ4n) is 1.23. The molecule has 1 aromatic heterocycles. The molecule has 0 bridgehead atoms. The fraction of sp³-hybridized carbons (Fsp3) is 0.0909. The second-order valence-corrected chi connectivity index (χ2v) is 5.49. The summed E-state index contributed by atoms with van der Waals surface area (Å²) in [5.74, 6) is 1.02. The highest BCUT2D eigenvalue weighted by Gasteiger charge is 2.06. The van der Waals surface area contributed by atoms with E-state index in [0.717, 1.165) is 25.8 Å². The molecule has 2 rings (SSSR count). The molecule has 3 nitrogen and oxygen atoms in total. The average Bonchev–Trinajstić information content (AvgIpc) is 2.32. The number of nitrogen functional groups attached to an aromatic ring is 1. The van der Waals surface area contributed by atoms with Gasteiger partial charge < -0.3 is 5.73 Å². The summed E-state index contributed by atoms with van der Waals surface area (Å²) in [6.07, 6.45) is 1.65. The Morgan fingerprint density at radius 3 is 2.88 bits per heavy atom. The Hall–Kier alpha value is -0.780. The highest BCUT2D eigenvalue weighted by molar-refractivity contribution is 9.10. The third kappa shape index (κ3) is 3.34. The molecule has 17 heavy (non-hydrogen) atoms. The van der Waals surface area contributed by atoms with Crippen LogP contribution in [0.25, 0.3) is 0 Å². The number of hydrogen-bond donors (Lipinski definition) is 1. The number of nitrogens with zero attached hydrogens (tertiary/aromatic N) is 2. The van der Waals surface area contributed by atoms with Crippen LogP contribution in [0.5, 0.6) is 0 Å². The summed E-state index contributed by atoms with van der Waals surface area (Å²) in [4.78, 5) is 8.05. The molecule has 6 heteroatoms. The lowest BCUT2D eigenvalue weighted by Crippen LogP contribution is -1.96. The van der Waals surface area contributed by atoms with Crippen molar-refractivity contribution in [3.63, 3.8) is 0 Å². The Morgan fingerprint density at radius 1 is 1.35 bits per heavy atom. The number of hydrogen-bond acceptors (Lipinski definition) is 4. The number of rotatable bonds is 3. The first-order chi connectivity index (χ1) is 8.16. The van der Waals surface area contributed by atoms with Crippen molar-refractivity contribution < 1.29 is 0 Å². The lowest BCUT2D eigenvalue weighted by atomic mass is 10.2. The predicted molar refractivity (Wildman–Crippen MR) is 75.2 cm³/mol. The van der Waals surface area contributed by atoms with Crippen molar-refractivity contribution in [3.8, 4) is 0 Å². The summed E-state index contributed by atoms with van der Waals surface area (Å²) in [6.45, 7) is 0. The Balaban J connectivity index is 2.12. The maximum Gasteiger partial charge on any atom is 0.221 e. The summed E-state index contributed by atoms with van der Waals surface area (Å²) in [5, 5.41) is 1.58. The number of anilines is 1. The Morgan fingerprint density at radius 2 is 2.12 bits per heavy atom. The molecule has 0 saturated carbocycles. The topological polar surface area (TPSA) is 51.8 Å². The lowest BCUT2D eigenvalue weighted by Gasteiger charge is -2.05. The van der Waals surface area contributed by atoms with Gasteiger partial charge in [-0.3, -0.25) is 0 Å². The first kappa shape index (κ1) is 12.7. The molecular weight excluding hydrogens is 322 g/mol. The normalized spacial score (nSPS) is 10.5. The number of thioether (sulfide) groups is 1. The van der Waals surface area contributed by atoms with Crippen molar-refractivity contribution in [2.75, 3.05) is 5.73 Å². The van der Waals surface area contributed by atoms with Crippen LogP contribution in [0.3, 0.4) is 0 Å². The average molecular weight is 331 g/mol. The molecule has 0 unspecified atom stereocenters. The van der Waals surface area contributed by atoms with E-state index in [0.29, 0.717) is 0 Å². The summed E-state index contributed by atoms with van der Waals surface area (Å²) < 4.78 is 0.837. The maximum absolute atomic E-state index is 6.08. The summed E-state index contributed by atoms with van der Waals surface area (Å²) in [6, 6.07) is 7.74. The molecule has 0 radical (unpaired) electrons. The molecule has 1 aromatic carbocycles. The van der Waals surface area contributed by atoms with Crippen LogP contribution >= 0.6 is 39.3 Å². The molecule has 88 valence electrons. The van der Waals surface area contributed by atoms with E-state index in [1.165, 1.54) is 0 Å². The molecule has 1 heterocycles. The highest BCUT2D eigenvalue weighted by Crippen LogP contribution is 2.30. The zero-order chi connectivity index (χ0) is 12.3. The van der Waals surface area contributed by atoms with Crippen molar-refractivity contribution in [1.29, 1.82) is 0 Å². The van der Waals surface area contributed by atoms with Crippen molar-refractivity contribution in [2.24, 2.45) is 0 Å². The predicted octanol–water partition coefficient (Wildman–Crippen LogP) is 3.77. The SMILES string of the molecule is Nc1ncc(Br)c(SCc2ccccc2Cl)n1. The number of halogens is 2. The highest BCUT2D eigenvalue weighted by atomic mass is 79.9. The molecule has 2 aromatic rings. The van der Waals surface area contributed by atoms with Gasteiger partial charge in [-0.25, -0.2) is 9.97 Å². The van der Waals surface area contributed by atoms with Crippen LogP contribution in [0, 0.1) is 0 Å². The van der Waals surface area contributed by atoms with E-state index in [2.05, 4.69) is 25.9 Å². The summed E-state index contributed by atoms with van der Waals surface area (Å²) >= 11 is 11.0.